The second kappa shape index (κ2) is 4.18. The molecule has 0 heterocycles. The molecule has 0 aliphatic heterocycles. The van der Waals surface area contributed by atoms with Crippen LogP contribution in [0.2, 0.25) is 0 Å². The maximum atomic E-state index is 12.3. The Morgan fingerprint density at radius 1 is 1.67 bits per heavy atom. The Morgan fingerprint density at radius 2 is 2.17 bits per heavy atom. The lowest BCUT2D eigenvalue weighted by molar-refractivity contribution is -0.142. The Balaban J connectivity index is 4.52. The first-order valence-electron chi connectivity index (χ1n) is 3.45. The summed E-state index contributed by atoms with van der Waals surface area (Å²) in [4.78, 5) is 10.5. The maximum absolute atomic E-state index is 12.3. The Morgan fingerprint density at radius 3 is 2.42 bits per heavy atom. The molecule has 0 aromatic heterocycles. The van der Waals surface area contributed by atoms with Gasteiger partial charge in [-0.3, -0.25) is 0 Å². The Labute approximate surface area is 70.0 Å². The van der Waals surface area contributed by atoms with E-state index in [9.17, 15) is 9.18 Å². The molecule has 0 rings (SSSR count). The van der Waals surface area contributed by atoms with Gasteiger partial charge in [-0.15, -0.1) is 0 Å². The van der Waals surface area contributed by atoms with Gasteiger partial charge in [-0.1, -0.05) is 6.58 Å². The smallest absolute Gasteiger partial charge is 0.330 e. The molecule has 0 amide bonds. The maximum Gasteiger partial charge on any atom is 0.330 e. The van der Waals surface area contributed by atoms with E-state index < -0.39 is 18.2 Å². The molecule has 5 heteroatoms. The van der Waals surface area contributed by atoms with Gasteiger partial charge in [0.25, 0.3) is 0 Å². The first kappa shape index (κ1) is 11.1. The summed E-state index contributed by atoms with van der Waals surface area (Å²) in [7, 11) is 0. The lowest BCUT2D eigenvalue weighted by atomic mass is 9.91. The van der Waals surface area contributed by atoms with Crippen LogP contribution in [0.25, 0.3) is 0 Å². The summed E-state index contributed by atoms with van der Waals surface area (Å²) in [5.41, 5.74) is 8.53. The Bertz CT molecular complexity index is 196. The highest BCUT2D eigenvalue weighted by molar-refractivity contribution is 5.82. The molecule has 70 valence electrons. The zero-order valence-electron chi connectivity index (χ0n) is 6.72. The summed E-state index contributed by atoms with van der Waals surface area (Å²) in [6.07, 6.45) is 0.215. The number of nitrogens with two attached hydrogens (primary N) is 2. The Hall–Kier alpha value is -0.940. The van der Waals surface area contributed by atoms with Crippen LogP contribution in [0.4, 0.5) is 4.39 Å². The van der Waals surface area contributed by atoms with Gasteiger partial charge in [0, 0.05) is 0 Å². The number of carboxylic acids is 1. The highest BCUT2D eigenvalue weighted by atomic mass is 19.1. The number of alkyl halides is 1. The predicted molar refractivity (Wildman–Crippen MR) is 43.3 cm³/mol. The largest absolute Gasteiger partial charge is 0.480 e. The number of rotatable bonds is 5. The topological polar surface area (TPSA) is 89.3 Å². The molecular formula is C7H13FN2O2. The van der Waals surface area contributed by atoms with Crippen molar-refractivity contribution in [2.45, 2.75) is 12.0 Å². The molecule has 0 saturated heterocycles. The van der Waals surface area contributed by atoms with Gasteiger partial charge >= 0.3 is 5.97 Å². The quantitative estimate of drug-likeness (QED) is 0.499. The van der Waals surface area contributed by atoms with Crippen molar-refractivity contribution < 1.29 is 14.3 Å². The van der Waals surface area contributed by atoms with Crippen LogP contribution in [0.3, 0.4) is 0 Å². The molecule has 0 fully saturated rings. The van der Waals surface area contributed by atoms with E-state index in [2.05, 4.69) is 6.58 Å². The molecule has 12 heavy (non-hydrogen) atoms. The van der Waals surface area contributed by atoms with Crippen molar-refractivity contribution in [2.24, 2.45) is 11.5 Å². The number of halogens is 1. The molecule has 0 aliphatic carbocycles. The monoisotopic (exact) mass is 176 g/mol. The molecule has 5 N–H and O–H groups in total. The summed E-state index contributed by atoms with van der Waals surface area (Å²) in [6.45, 7) is 2.43. The molecule has 0 aromatic rings. The van der Waals surface area contributed by atoms with Crippen molar-refractivity contribution in [1.82, 2.24) is 0 Å². The Kier molecular flexibility index (Phi) is 3.85. The van der Waals surface area contributed by atoms with Crippen LogP contribution in [0.15, 0.2) is 12.2 Å². The summed E-state index contributed by atoms with van der Waals surface area (Å²) >= 11 is 0. The van der Waals surface area contributed by atoms with Crippen molar-refractivity contribution >= 4 is 5.97 Å². The fourth-order valence-corrected chi connectivity index (χ4v) is 0.700. The summed E-state index contributed by atoms with van der Waals surface area (Å²) in [5.74, 6) is -1.41. The van der Waals surface area contributed by atoms with Gasteiger partial charge in [0.1, 0.15) is 6.67 Å². The highest BCUT2D eigenvalue weighted by Crippen LogP contribution is 2.16. The third-order valence-electron chi connectivity index (χ3n) is 1.67. The van der Waals surface area contributed by atoms with Crippen molar-refractivity contribution in [3.63, 3.8) is 0 Å². The molecule has 0 bridgehead atoms. The zero-order chi connectivity index (χ0) is 9.78. The fourth-order valence-electron chi connectivity index (χ4n) is 0.700. The van der Waals surface area contributed by atoms with Gasteiger partial charge in [-0.25, -0.2) is 9.18 Å². The van der Waals surface area contributed by atoms with Crippen molar-refractivity contribution in [3.05, 3.63) is 12.2 Å². The van der Waals surface area contributed by atoms with Crippen LogP contribution in [0.1, 0.15) is 6.42 Å². The first-order valence-corrected chi connectivity index (χ1v) is 3.45. The number of hydrogen-bond acceptors (Lipinski definition) is 3. The molecule has 0 aromatic carbocycles. The average molecular weight is 176 g/mol. The van der Waals surface area contributed by atoms with Gasteiger partial charge in [0.15, 0.2) is 5.54 Å². The molecule has 1 unspecified atom stereocenters. The van der Waals surface area contributed by atoms with E-state index in [1.807, 2.05) is 0 Å². The van der Waals surface area contributed by atoms with Crippen molar-refractivity contribution in [3.8, 4) is 0 Å². The van der Waals surface area contributed by atoms with E-state index in [1.54, 1.807) is 0 Å². The third kappa shape index (κ3) is 2.02. The minimum Gasteiger partial charge on any atom is -0.480 e. The second-order valence-electron chi connectivity index (χ2n) is 2.55. The molecule has 1 atom stereocenters. The van der Waals surface area contributed by atoms with E-state index in [0.717, 1.165) is 0 Å². The van der Waals surface area contributed by atoms with E-state index in [4.69, 9.17) is 16.6 Å². The van der Waals surface area contributed by atoms with Crippen LogP contribution in [-0.2, 0) is 4.79 Å². The normalized spacial score (nSPS) is 15.2. The second-order valence-corrected chi connectivity index (χ2v) is 2.55. The molecule has 0 radical (unpaired) electrons. The lowest BCUT2D eigenvalue weighted by Gasteiger charge is -2.23. The van der Waals surface area contributed by atoms with E-state index in [0.29, 0.717) is 0 Å². The first-order chi connectivity index (χ1) is 5.49. The van der Waals surface area contributed by atoms with E-state index >= 15 is 0 Å². The minimum atomic E-state index is -1.97. The van der Waals surface area contributed by atoms with E-state index in [1.165, 1.54) is 0 Å². The summed E-state index contributed by atoms with van der Waals surface area (Å²) in [5, 5.41) is 8.56. The van der Waals surface area contributed by atoms with Crippen LogP contribution >= 0.6 is 0 Å². The van der Waals surface area contributed by atoms with Crippen molar-refractivity contribution in [2.75, 3.05) is 13.2 Å². The van der Waals surface area contributed by atoms with Gasteiger partial charge < -0.3 is 16.6 Å². The third-order valence-corrected chi connectivity index (χ3v) is 1.67. The van der Waals surface area contributed by atoms with Crippen LogP contribution in [0.5, 0.6) is 0 Å². The van der Waals surface area contributed by atoms with Gasteiger partial charge in [0.05, 0.1) is 0 Å². The van der Waals surface area contributed by atoms with E-state index in [-0.39, 0.29) is 18.5 Å². The molecule has 0 aliphatic rings. The summed E-state index contributed by atoms with van der Waals surface area (Å²) < 4.78 is 12.3. The number of carboxylic acid groups (broad SMARTS) is 1. The van der Waals surface area contributed by atoms with Crippen LogP contribution < -0.4 is 11.5 Å². The molecular weight excluding hydrogens is 163 g/mol. The van der Waals surface area contributed by atoms with Crippen LogP contribution in [0, 0.1) is 0 Å². The number of aliphatic carboxylic acids is 1. The summed E-state index contributed by atoms with van der Waals surface area (Å²) in [6, 6.07) is 0. The lowest BCUT2D eigenvalue weighted by Crippen LogP contribution is -2.51. The average Bonchev–Trinajstić information content (AvgIpc) is 2.03. The number of hydrogen-bond donors (Lipinski definition) is 3. The predicted octanol–water partition coefficient (Wildman–Crippen LogP) is -0.357. The standard InChI is InChI=1S/C7H13FN2O2/c1-5(2-3-9)7(10,4-8)6(11)12/h1-4,9-10H2,(H,11,12). The fraction of sp³-hybridized carbons (Fsp3) is 0.571. The van der Waals surface area contributed by atoms with Gasteiger partial charge in [-0.05, 0) is 18.5 Å². The van der Waals surface area contributed by atoms with Crippen molar-refractivity contribution in [1.29, 1.82) is 0 Å². The SMILES string of the molecule is C=C(CCN)C(N)(CF)C(=O)O. The molecule has 0 spiro atoms. The van der Waals surface area contributed by atoms with Gasteiger partial charge in [-0.2, -0.15) is 0 Å². The van der Waals surface area contributed by atoms with Gasteiger partial charge in [0.2, 0.25) is 0 Å². The van der Waals surface area contributed by atoms with Crippen LogP contribution in [-0.4, -0.2) is 29.8 Å². The minimum absolute atomic E-state index is 0.111. The molecule has 0 saturated carbocycles. The number of carbonyl (C=O) groups is 1. The zero-order valence-corrected chi connectivity index (χ0v) is 6.72. The highest BCUT2D eigenvalue weighted by Gasteiger charge is 2.36. The molecule has 4 nitrogen and oxygen atoms in total.